The topological polar surface area (TPSA) is 133 Å². The first-order valence-electron chi connectivity index (χ1n) is 11.6. The summed E-state index contributed by atoms with van der Waals surface area (Å²) in [6.07, 6.45) is 0.232. The third-order valence-electron chi connectivity index (χ3n) is 6.60. The van der Waals surface area contributed by atoms with Gasteiger partial charge in [-0.2, -0.15) is 0 Å². The number of nitrogens with two attached hydrogens (primary N) is 1. The first-order chi connectivity index (χ1) is 15.4. The number of anilines is 1. The smallest absolute Gasteiger partial charge is 0.306 e. The van der Waals surface area contributed by atoms with Gasteiger partial charge in [0.25, 0.3) is 0 Å². The molecule has 5 N–H and O–H groups in total. The Kier molecular flexibility index (Phi) is 9.03. The Labute approximate surface area is 196 Å². The van der Waals surface area contributed by atoms with Crippen LogP contribution in [-0.2, 0) is 20.8 Å². The second-order valence-electron chi connectivity index (χ2n) is 10.3. The number of carboxylic acids is 1. The molecule has 2 rings (SSSR count). The molecule has 0 aromatic heterocycles. The number of carboxylic acid groups (broad SMARTS) is 1. The third kappa shape index (κ3) is 7.01. The van der Waals surface area contributed by atoms with Crippen LogP contribution in [0.4, 0.5) is 5.69 Å². The van der Waals surface area contributed by atoms with Crippen LogP contribution < -0.4 is 16.0 Å². The van der Waals surface area contributed by atoms with Crippen molar-refractivity contribution in [1.29, 1.82) is 0 Å². The Balaban J connectivity index is 2.09. The molecule has 8 heteroatoms. The van der Waals surface area contributed by atoms with Crippen molar-refractivity contribution in [3.05, 3.63) is 29.8 Å². The molecule has 1 heterocycles. The van der Waals surface area contributed by atoms with Crippen LogP contribution >= 0.6 is 0 Å². The fraction of sp³-hybridized carbons (Fsp3) is 0.640. The lowest BCUT2D eigenvalue weighted by Gasteiger charge is -2.37. The van der Waals surface area contributed by atoms with E-state index in [-0.39, 0.29) is 36.5 Å². The van der Waals surface area contributed by atoms with Crippen molar-refractivity contribution in [1.82, 2.24) is 5.32 Å². The fourth-order valence-corrected chi connectivity index (χ4v) is 4.66. The summed E-state index contributed by atoms with van der Waals surface area (Å²) in [7, 11) is 1.60. The third-order valence-corrected chi connectivity index (χ3v) is 6.60. The lowest BCUT2D eigenvalue weighted by Crippen LogP contribution is -2.47. The number of nitrogens with one attached hydrogen (secondary N) is 1. The number of para-hydroxylation sites is 1. The molecule has 0 aliphatic carbocycles. The Morgan fingerprint density at radius 3 is 2.45 bits per heavy atom. The molecule has 33 heavy (non-hydrogen) atoms. The lowest BCUT2D eigenvalue weighted by molar-refractivity contribution is -0.144. The first kappa shape index (κ1) is 26.8. The monoisotopic (exact) mass is 461 g/mol. The Hall–Kier alpha value is -2.45. The number of aliphatic carboxylic acids is 1. The van der Waals surface area contributed by atoms with Crippen LogP contribution in [0.1, 0.15) is 52.5 Å². The normalized spacial score (nSPS) is 18.9. The van der Waals surface area contributed by atoms with Crippen LogP contribution in [-0.4, -0.2) is 53.7 Å². The van der Waals surface area contributed by atoms with Gasteiger partial charge in [-0.25, -0.2) is 0 Å². The van der Waals surface area contributed by atoms with E-state index >= 15 is 0 Å². The van der Waals surface area contributed by atoms with E-state index < -0.39 is 29.4 Å². The zero-order valence-corrected chi connectivity index (χ0v) is 20.4. The number of rotatable bonds is 10. The minimum atomic E-state index is -0.976. The number of benzene rings is 1. The maximum absolute atomic E-state index is 13.4. The molecule has 3 unspecified atom stereocenters. The van der Waals surface area contributed by atoms with Gasteiger partial charge >= 0.3 is 5.97 Å². The molecule has 0 bridgehead atoms. The van der Waals surface area contributed by atoms with Crippen molar-refractivity contribution < 1.29 is 24.6 Å². The van der Waals surface area contributed by atoms with Crippen LogP contribution in [0.25, 0.3) is 0 Å². The Morgan fingerprint density at radius 1 is 1.24 bits per heavy atom. The summed E-state index contributed by atoms with van der Waals surface area (Å²) in [6.45, 7) is 7.76. The van der Waals surface area contributed by atoms with Crippen LogP contribution in [0.5, 0.6) is 0 Å². The van der Waals surface area contributed by atoms with Crippen LogP contribution in [0.15, 0.2) is 24.3 Å². The molecular weight excluding hydrogens is 422 g/mol. The molecule has 1 aromatic carbocycles. The van der Waals surface area contributed by atoms with E-state index in [9.17, 15) is 24.6 Å². The number of nitrogens with zero attached hydrogens (tertiary/aromatic N) is 1. The number of fused-ring (bicyclic) bond motifs is 1. The van der Waals surface area contributed by atoms with Crippen molar-refractivity contribution in [2.75, 3.05) is 18.5 Å². The molecule has 0 saturated heterocycles. The van der Waals surface area contributed by atoms with Crippen molar-refractivity contribution in [2.24, 2.45) is 28.9 Å². The second kappa shape index (κ2) is 11.1. The second-order valence-corrected chi connectivity index (χ2v) is 10.3. The van der Waals surface area contributed by atoms with Crippen molar-refractivity contribution in [2.45, 2.75) is 65.5 Å². The molecule has 1 aliphatic heterocycles. The maximum atomic E-state index is 13.4. The van der Waals surface area contributed by atoms with E-state index in [2.05, 4.69) is 5.32 Å². The SMILES string of the molecule is CNC(=O)[C@H]1Cc2ccccc2N(C(=O)CC(C)(C)CC(N)C(O)CC(C(=O)O)C(C)C)C1. The maximum Gasteiger partial charge on any atom is 0.306 e. The molecule has 1 aromatic rings. The summed E-state index contributed by atoms with van der Waals surface area (Å²) in [5.41, 5.74) is 7.50. The van der Waals surface area contributed by atoms with Gasteiger partial charge in [-0.15, -0.1) is 0 Å². The van der Waals surface area contributed by atoms with Gasteiger partial charge in [-0.1, -0.05) is 45.9 Å². The predicted octanol–water partition coefficient (Wildman–Crippen LogP) is 2.18. The summed E-state index contributed by atoms with van der Waals surface area (Å²) in [5, 5.41) is 22.6. The summed E-state index contributed by atoms with van der Waals surface area (Å²) in [6, 6.07) is 6.97. The van der Waals surface area contributed by atoms with Gasteiger partial charge in [0.15, 0.2) is 0 Å². The number of aliphatic hydroxyl groups excluding tert-OH is 1. The summed E-state index contributed by atoms with van der Waals surface area (Å²) in [4.78, 5) is 38.8. The van der Waals surface area contributed by atoms with Gasteiger partial charge in [0.1, 0.15) is 0 Å². The van der Waals surface area contributed by atoms with E-state index in [1.807, 2.05) is 52.0 Å². The van der Waals surface area contributed by atoms with Gasteiger partial charge in [0.05, 0.1) is 17.9 Å². The highest BCUT2D eigenvalue weighted by Gasteiger charge is 2.36. The molecule has 0 spiro atoms. The quantitative estimate of drug-likeness (QED) is 0.422. The molecule has 184 valence electrons. The summed E-state index contributed by atoms with van der Waals surface area (Å²) >= 11 is 0. The van der Waals surface area contributed by atoms with Crippen molar-refractivity contribution in [3.63, 3.8) is 0 Å². The molecule has 2 amide bonds. The number of hydrogen-bond acceptors (Lipinski definition) is 5. The molecule has 0 fully saturated rings. The van der Waals surface area contributed by atoms with Crippen molar-refractivity contribution in [3.8, 4) is 0 Å². The molecular formula is C25H39N3O5. The van der Waals surface area contributed by atoms with Gasteiger partial charge in [0.2, 0.25) is 11.8 Å². The van der Waals surface area contributed by atoms with E-state index in [1.165, 1.54) is 0 Å². The largest absolute Gasteiger partial charge is 0.481 e. The van der Waals surface area contributed by atoms with Gasteiger partial charge in [-0.05, 0) is 42.2 Å². The number of carbonyl (C=O) groups is 3. The van der Waals surface area contributed by atoms with E-state index in [0.717, 1.165) is 11.3 Å². The van der Waals surface area contributed by atoms with Crippen molar-refractivity contribution >= 4 is 23.5 Å². The molecule has 0 saturated carbocycles. The lowest BCUT2D eigenvalue weighted by atomic mass is 9.78. The van der Waals surface area contributed by atoms with E-state index in [0.29, 0.717) is 19.4 Å². The first-order valence-corrected chi connectivity index (χ1v) is 11.6. The predicted molar refractivity (Wildman–Crippen MR) is 128 cm³/mol. The summed E-state index contributed by atoms with van der Waals surface area (Å²) < 4.78 is 0. The average molecular weight is 462 g/mol. The van der Waals surface area contributed by atoms with Crippen LogP contribution in [0, 0.1) is 23.2 Å². The molecule has 4 atom stereocenters. The summed E-state index contributed by atoms with van der Waals surface area (Å²) in [5.74, 6) is -2.25. The highest BCUT2D eigenvalue weighted by Crippen LogP contribution is 2.34. The van der Waals surface area contributed by atoms with Gasteiger partial charge in [-0.3, -0.25) is 14.4 Å². The number of aliphatic hydroxyl groups is 1. The van der Waals surface area contributed by atoms with Crippen LogP contribution in [0.2, 0.25) is 0 Å². The van der Waals surface area contributed by atoms with Gasteiger partial charge in [0, 0.05) is 31.7 Å². The standard InChI is InChI=1S/C25H39N3O5/c1-15(2)18(24(32)33)11-21(29)19(26)12-25(3,4)13-22(30)28-14-17(23(31)27-5)10-16-8-6-7-9-20(16)28/h6-9,15,17-19,21,29H,10-14,26H2,1-5H3,(H,27,31)(H,32,33)/t17-,18?,19?,21?/m0/s1. The molecule has 1 aliphatic rings. The fourth-order valence-electron chi connectivity index (χ4n) is 4.66. The zero-order valence-electron chi connectivity index (χ0n) is 20.4. The average Bonchev–Trinajstić information content (AvgIpc) is 2.74. The van der Waals surface area contributed by atoms with Crippen LogP contribution in [0.3, 0.4) is 0 Å². The Bertz CT molecular complexity index is 854. The number of hydrogen-bond donors (Lipinski definition) is 4. The molecule has 0 radical (unpaired) electrons. The number of amides is 2. The van der Waals surface area contributed by atoms with E-state index in [1.54, 1.807) is 11.9 Å². The zero-order chi connectivity index (χ0) is 24.9. The Morgan fingerprint density at radius 2 is 1.88 bits per heavy atom. The molecule has 8 nitrogen and oxygen atoms in total. The number of carbonyl (C=O) groups excluding carboxylic acids is 2. The van der Waals surface area contributed by atoms with E-state index in [4.69, 9.17) is 5.73 Å². The minimum Gasteiger partial charge on any atom is -0.481 e. The minimum absolute atomic E-state index is 0.0749. The highest BCUT2D eigenvalue weighted by molar-refractivity contribution is 5.96. The highest BCUT2D eigenvalue weighted by atomic mass is 16.4. The van der Waals surface area contributed by atoms with Gasteiger partial charge < -0.3 is 26.2 Å².